The fourth-order valence-electron chi connectivity index (χ4n) is 1.96. The fourth-order valence-corrected chi connectivity index (χ4v) is 2.57. The van der Waals surface area contributed by atoms with Crippen LogP contribution in [0.15, 0.2) is 0 Å². The number of hydrogen-bond acceptors (Lipinski definition) is 2. The van der Waals surface area contributed by atoms with Gasteiger partial charge < -0.3 is 0 Å². The van der Waals surface area contributed by atoms with E-state index in [0.29, 0.717) is 0 Å². The lowest BCUT2D eigenvalue weighted by Gasteiger charge is -2.25. The molecule has 0 amide bonds. The zero-order valence-corrected chi connectivity index (χ0v) is 12.1. The number of nitrogens with zero attached hydrogens (tertiary/aromatic N) is 1. The van der Waals surface area contributed by atoms with Crippen molar-refractivity contribution in [1.29, 1.82) is 0 Å². The Morgan fingerprint density at radius 1 is 0.941 bits per heavy atom. The highest BCUT2D eigenvalue weighted by atomic mass is 32.2. The molecule has 0 spiro atoms. The third-order valence-electron chi connectivity index (χ3n) is 3.46. The zero-order valence-electron chi connectivity index (χ0n) is 11.2. The van der Waals surface area contributed by atoms with E-state index in [0.717, 1.165) is 33.4 Å². The monoisotopic (exact) mass is 251 g/mol. The normalized spacial score (nSPS) is 11.6. The molecule has 0 bridgehead atoms. The predicted molar refractivity (Wildman–Crippen MR) is 74.0 cm³/mol. The molecular weight excluding hydrogens is 233 g/mol. The minimum atomic E-state index is -3.25. The molecule has 92 valence electrons. The average Bonchev–Trinajstić information content (AvgIpc) is 2.22. The minimum absolute atomic E-state index is 0.733. The van der Waals surface area contributed by atoms with Crippen LogP contribution in [0.4, 0.5) is 5.69 Å². The maximum atomic E-state index is 11.6. The molecule has 0 aliphatic carbocycles. The summed E-state index contributed by atoms with van der Waals surface area (Å²) in [5.74, 6) is 0. The third-order valence-corrected chi connectivity index (χ3v) is 4.63. The standard InChI is InChI=1S/C12H18BNO2S/c1-7-9(3)12(14(5)17(6,15)16)10(4)8(2)11(7)13/h1-6H3. The molecule has 1 aromatic carbocycles. The molecule has 2 radical (unpaired) electrons. The van der Waals surface area contributed by atoms with Crippen LogP contribution in [0.3, 0.4) is 0 Å². The van der Waals surface area contributed by atoms with Crippen molar-refractivity contribution in [3.8, 4) is 0 Å². The second-order valence-electron chi connectivity index (χ2n) is 4.49. The van der Waals surface area contributed by atoms with E-state index in [-0.39, 0.29) is 0 Å². The molecule has 0 aromatic heterocycles. The van der Waals surface area contributed by atoms with Gasteiger partial charge in [-0.15, -0.1) is 0 Å². The first-order chi connectivity index (χ1) is 7.59. The second kappa shape index (κ2) is 4.37. The van der Waals surface area contributed by atoms with Gasteiger partial charge in [-0.05, 0) is 38.8 Å². The van der Waals surface area contributed by atoms with Crippen LogP contribution in [0, 0.1) is 27.7 Å². The van der Waals surface area contributed by atoms with Crippen LogP contribution in [0.25, 0.3) is 0 Å². The Morgan fingerprint density at radius 3 is 1.59 bits per heavy atom. The van der Waals surface area contributed by atoms with E-state index in [4.69, 9.17) is 7.85 Å². The van der Waals surface area contributed by atoms with Gasteiger partial charge in [0.05, 0.1) is 11.9 Å². The van der Waals surface area contributed by atoms with Crippen molar-refractivity contribution < 1.29 is 8.42 Å². The number of benzene rings is 1. The largest absolute Gasteiger partial charge is 0.273 e. The van der Waals surface area contributed by atoms with Crippen LogP contribution in [-0.2, 0) is 10.0 Å². The molecule has 0 fully saturated rings. The molecule has 0 atom stereocenters. The summed E-state index contributed by atoms with van der Waals surface area (Å²) in [6, 6.07) is 0. The van der Waals surface area contributed by atoms with Crippen LogP contribution in [0.5, 0.6) is 0 Å². The summed E-state index contributed by atoms with van der Waals surface area (Å²) in [7, 11) is 4.31. The summed E-state index contributed by atoms with van der Waals surface area (Å²) >= 11 is 0. The number of anilines is 1. The molecular formula is C12H18BNO2S. The molecule has 0 aliphatic rings. The van der Waals surface area contributed by atoms with Crippen LogP contribution in [0.1, 0.15) is 22.3 Å². The Balaban J connectivity index is 3.67. The molecule has 0 aliphatic heterocycles. The summed E-state index contributed by atoms with van der Waals surface area (Å²) in [5, 5.41) is 0. The summed E-state index contributed by atoms with van der Waals surface area (Å²) in [6.45, 7) is 7.62. The average molecular weight is 251 g/mol. The van der Waals surface area contributed by atoms with E-state index >= 15 is 0 Å². The number of hydrogen-bond donors (Lipinski definition) is 0. The van der Waals surface area contributed by atoms with Gasteiger partial charge in [-0.1, -0.05) is 16.6 Å². The van der Waals surface area contributed by atoms with Crippen LogP contribution >= 0.6 is 0 Å². The summed E-state index contributed by atoms with van der Waals surface area (Å²) in [6.07, 6.45) is 1.20. The zero-order chi connectivity index (χ0) is 13.5. The Kier molecular flexibility index (Phi) is 3.62. The second-order valence-corrected chi connectivity index (χ2v) is 6.51. The Labute approximate surface area is 105 Å². The van der Waals surface area contributed by atoms with Crippen molar-refractivity contribution >= 4 is 29.0 Å². The molecule has 5 heteroatoms. The van der Waals surface area contributed by atoms with Gasteiger partial charge in [0.2, 0.25) is 10.0 Å². The number of rotatable bonds is 2. The number of sulfonamides is 1. The van der Waals surface area contributed by atoms with E-state index in [2.05, 4.69) is 0 Å². The third kappa shape index (κ3) is 2.34. The van der Waals surface area contributed by atoms with Gasteiger partial charge in [-0.2, -0.15) is 0 Å². The van der Waals surface area contributed by atoms with Crippen molar-refractivity contribution in [1.82, 2.24) is 0 Å². The van der Waals surface area contributed by atoms with Crippen LogP contribution in [0.2, 0.25) is 0 Å². The van der Waals surface area contributed by atoms with E-state index < -0.39 is 10.0 Å². The van der Waals surface area contributed by atoms with E-state index in [1.54, 1.807) is 7.05 Å². The molecule has 0 unspecified atom stereocenters. The maximum Gasteiger partial charge on any atom is 0.232 e. The van der Waals surface area contributed by atoms with Crippen molar-refractivity contribution in [3.05, 3.63) is 22.3 Å². The molecule has 1 aromatic rings. The van der Waals surface area contributed by atoms with Gasteiger partial charge in [0.1, 0.15) is 7.85 Å². The van der Waals surface area contributed by atoms with Crippen molar-refractivity contribution in [3.63, 3.8) is 0 Å². The van der Waals surface area contributed by atoms with Gasteiger partial charge in [0.25, 0.3) is 0 Å². The SMILES string of the molecule is [B]c1c(C)c(C)c(N(C)S(C)(=O)=O)c(C)c1C. The van der Waals surface area contributed by atoms with Crippen LogP contribution < -0.4 is 9.77 Å². The van der Waals surface area contributed by atoms with Gasteiger partial charge in [-0.3, -0.25) is 4.31 Å². The lowest BCUT2D eigenvalue weighted by molar-refractivity contribution is 0.600. The summed E-state index contributed by atoms with van der Waals surface area (Å²) < 4.78 is 24.6. The summed E-state index contributed by atoms with van der Waals surface area (Å²) in [4.78, 5) is 0. The maximum absolute atomic E-state index is 11.6. The van der Waals surface area contributed by atoms with Crippen molar-refractivity contribution in [2.45, 2.75) is 27.7 Å². The predicted octanol–water partition coefficient (Wildman–Crippen LogP) is 1.11. The lowest BCUT2D eigenvalue weighted by atomic mass is 9.81. The Morgan fingerprint density at radius 2 is 1.29 bits per heavy atom. The van der Waals surface area contributed by atoms with Crippen LogP contribution in [-0.4, -0.2) is 29.6 Å². The topological polar surface area (TPSA) is 37.4 Å². The van der Waals surface area contributed by atoms with E-state index in [1.165, 1.54) is 10.6 Å². The quantitative estimate of drug-likeness (QED) is 0.738. The van der Waals surface area contributed by atoms with Crippen molar-refractivity contribution in [2.24, 2.45) is 0 Å². The molecule has 0 saturated carbocycles. The fraction of sp³-hybridized carbons (Fsp3) is 0.500. The van der Waals surface area contributed by atoms with E-state index in [1.807, 2.05) is 27.7 Å². The lowest BCUT2D eigenvalue weighted by Crippen LogP contribution is -2.29. The molecule has 1 rings (SSSR count). The molecule has 0 heterocycles. The molecule has 17 heavy (non-hydrogen) atoms. The Hall–Kier alpha value is -0.965. The molecule has 0 saturated heterocycles. The molecule has 0 N–H and O–H groups in total. The van der Waals surface area contributed by atoms with Crippen molar-refractivity contribution in [2.75, 3.05) is 17.6 Å². The first-order valence-corrected chi connectivity index (χ1v) is 7.23. The van der Waals surface area contributed by atoms with Gasteiger partial charge in [0.15, 0.2) is 0 Å². The first-order valence-electron chi connectivity index (χ1n) is 5.38. The minimum Gasteiger partial charge on any atom is -0.273 e. The first kappa shape index (κ1) is 14.1. The smallest absolute Gasteiger partial charge is 0.232 e. The van der Waals surface area contributed by atoms with Gasteiger partial charge >= 0.3 is 0 Å². The van der Waals surface area contributed by atoms with E-state index in [9.17, 15) is 8.42 Å². The highest BCUT2D eigenvalue weighted by molar-refractivity contribution is 7.92. The highest BCUT2D eigenvalue weighted by Gasteiger charge is 2.20. The Bertz CT molecular complexity index is 535. The van der Waals surface area contributed by atoms with Gasteiger partial charge in [-0.25, -0.2) is 8.42 Å². The summed E-state index contributed by atoms with van der Waals surface area (Å²) in [5.41, 5.74) is 5.19. The molecule has 3 nitrogen and oxygen atoms in total. The van der Waals surface area contributed by atoms with Gasteiger partial charge in [0, 0.05) is 7.05 Å². The highest BCUT2D eigenvalue weighted by Crippen LogP contribution is 2.29.